The zero-order valence-corrected chi connectivity index (χ0v) is 11.8. The molecule has 0 bridgehead atoms. The van der Waals surface area contributed by atoms with Crippen molar-refractivity contribution in [2.24, 2.45) is 0 Å². The van der Waals surface area contributed by atoms with Gasteiger partial charge in [-0.2, -0.15) is 0 Å². The molecule has 2 heteroatoms. The quantitative estimate of drug-likeness (QED) is 0.306. The topological polar surface area (TPSA) is 52.0 Å². The summed E-state index contributed by atoms with van der Waals surface area (Å²) in [5, 5.41) is 12.6. The van der Waals surface area contributed by atoms with Crippen molar-refractivity contribution in [1.82, 2.24) is 0 Å². The number of anilines is 2. The van der Waals surface area contributed by atoms with E-state index in [-0.39, 0.29) is 0 Å². The van der Waals surface area contributed by atoms with Crippen LogP contribution >= 0.6 is 0 Å². The van der Waals surface area contributed by atoms with Crippen molar-refractivity contribution in [3.63, 3.8) is 0 Å². The minimum atomic E-state index is 0.806. The highest BCUT2D eigenvalue weighted by atomic mass is 14.6. The Morgan fingerprint density at radius 3 is 1.73 bits per heavy atom. The number of rotatable bonds is 0. The molecule has 0 saturated heterocycles. The number of nitrogen functional groups attached to an aromatic ring is 2. The molecule has 0 unspecified atom stereocenters. The summed E-state index contributed by atoms with van der Waals surface area (Å²) >= 11 is 0. The molecule has 0 fully saturated rings. The fourth-order valence-corrected chi connectivity index (χ4v) is 4.31. The van der Waals surface area contributed by atoms with E-state index in [4.69, 9.17) is 11.5 Å². The molecule has 0 radical (unpaired) electrons. The van der Waals surface area contributed by atoms with Gasteiger partial charge in [-0.15, -0.1) is 0 Å². The van der Waals surface area contributed by atoms with Crippen LogP contribution < -0.4 is 11.5 Å². The van der Waals surface area contributed by atoms with Crippen LogP contribution in [0.4, 0.5) is 11.4 Å². The van der Waals surface area contributed by atoms with Crippen molar-refractivity contribution in [2.75, 3.05) is 11.5 Å². The van der Waals surface area contributed by atoms with E-state index in [1.807, 2.05) is 6.07 Å². The predicted molar refractivity (Wildman–Crippen MR) is 96.4 cm³/mol. The van der Waals surface area contributed by atoms with Gasteiger partial charge < -0.3 is 11.5 Å². The van der Waals surface area contributed by atoms with E-state index in [0.717, 1.165) is 22.1 Å². The van der Waals surface area contributed by atoms with Crippen molar-refractivity contribution in [3.8, 4) is 0 Å². The molecular weight excluding hydrogens is 268 g/mol. The van der Waals surface area contributed by atoms with Gasteiger partial charge in [0.25, 0.3) is 0 Å². The molecule has 4 N–H and O–H groups in total. The van der Waals surface area contributed by atoms with Crippen LogP contribution in [0.25, 0.3) is 53.9 Å². The Kier molecular flexibility index (Phi) is 1.50. The van der Waals surface area contributed by atoms with Crippen LogP contribution in [-0.2, 0) is 0 Å². The summed E-state index contributed by atoms with van der Waals surface area (Å²) in [6.07, 6.45) is 0. The van der Waals surface area contributed by atoms with Gasteiger partial charge in [0.2, 0.25) is 0 Å². The molecule has 6 rings (SSSR count). The molecule has 0 heterocycles. The Bertz CT molecular complexity index is 1320. The lowest BCUT2D eigenvalue weighted by molar-refractivity contribution is 1.80. The lowest BCUT2D eigenvalue weighted by atomic mass is 9.97. The predicted octanol–water partition coefficient (Wildman–Crippen LogP) is 4.93. The molecule has 0 atom stereocenters. The number of hydrogen-bond acceptors (Lipinski definition) is 2. The molecule has 0 aliphatic heterocycles. The minimum absolute atomic E-state index is 0.806. The van der Waals surface area contributed by atoms with Crippen molar-refractivity contribution in [3.05, 3.63) is 48.5 Å². The monoisotopic (exact) mass is 280 g/mol. The van der Waals surface area contributed by atoms with Gasteiger partial charge in [-0.25, -0.2) is 0 Å². The van der Waals surface area contributed by atoms with E-state index in [1.54, 1.807) is 0 Å². The van der Waals surface area contributed by atoms with Crippen LogP contribution in [0, 0.1) is 0 Å². The van der Waals surface area contributed by atoms with Crippen molar-refractivity contribution in [2.45, 2.75) is 0 Å². The van der Waals surface area contributed by atoms with Crippen molar-refractivity contribution in [1.29, 1.82) is 0 Å². The lowest BCUT2D eigenvalue weighted by Crippen LogP contribution is -1.92. The van der Waals surface area contributed by atoms with E-state index in [9.17, 15) is 0 Å². The molecule has 22 heavy (non-hydrogen) atoms. The smallest absolute Gasteiger partial charge is 0.0401 e. The second kappa shape index (κ2) is 3.09. The normalized spacial score (nSPS) is 12.9. The van der Waals surface area contributed by atoms with Gasteiger partial charge in [0.1, 0.15) is 0 Å². The summed E-state index contributed by atoms with van der Waals surface area (Å²) in [4.78, 5) is 0. The van der Waals surface area contributed by atoms with Gasteiger partial charge in [0.05, 0.1) is 0 Å². The first-order valence-corrected chi connectivity index (χ1v) is 7.46. The van der Waals surface area contributed by atoms with Crippen LogP contribution in [0.3, 0.4) is 0 Å². The number of hydrogen-bond donors (Lipinski definition) is 2. The Balaban J connectivity index is 2.23. The van der Waals surface area contributed by atoms with Crippen LogP contribution in [0.15, 0.2) is 48.5 Å². The van der Waals surface area contributed by atoms with E-state index < -0.39 is 0 Å². The molecule has 0 amide bonds. The summed E-state index contributed by atoms with van der Waals surface area (Å²) < 4.78 is 0. The van der Waals surface area contributed by atoms with Gasteiger partial charge in [-0.1, -0.05) is 36.4 Å². The number of benzene rings is 5. The summed E-state index contributed by atoms with van der Waals surface area (Å²) in [6.45, 7) is 0. The van der Waals surface area contributed by atoms with Gasteiger partial charge in [0, 0.05) is 32.9 Å². The van der Waals surface area contributed by atoms with Gasteiger partial charge in [-0.3, -0.25) is 0 Å². The number of nitrogens with two attached hydrogens (primary N) is 2. The molecule has 102 valence electrons. The summed E-state index contributed by atoms with van der Waals surface area (Å²) in [6, 6.07) is 17.2. The van der Waals surface area contributed by atoms with Crippen LogP contribution in [0.5, 0.6) is 0 Å². The zero-order valence-electron chi connectivity index (χ0n) is 11.8. The molecule has 0 spiro atoms. The Labute approximate surface area is 125 Å². The summed E-state index contributed by atoms with van der Waals surface area (Å²) in [7, 11) is 0. The third kappa shape index (κ3) is 0.941. The van der Waals surface area contributed by atoms with Crippen LogP contribution in [0.1, 0.15) is 0 Å². The molecule has 6 aromatic carbocycles. The first-order valence-electron chi connectivity index (χ1n) is 7.46. The second-order valence-corrected chi connectivity index (χ2v) is 6.27. The Morgan fingerprint density at radius 2 is 0.955 bits per heavy atom. The van der Waals surface area contributed by atoms with Crippen molar-refractivity contribution >= 4 is 65.2 Å². The average molecular weight is 280 g/mol. The lowest BCUT2D eigenvalue weighted by Gasteiger charge is -2.09. The maximum absolute atomic E-state index is 6.32. The zero-order chi connectivity index (χ0) is 14.6. The fraction of sp³-hybridized carbons (Fsp3) is 0. The van der Waals surface area contributed by atoms with Crippen molar-refractivity contribution < 1.29 is 0 Å². The highest BCUT2D eigenvalue weighted by Crippen LogP contribution is 2.50. The van der Waals surface area contributed by atoms with E-state index in [1.165, 1.54) is 43.1 Å². The van der Waals surface area contributed by atoms with Crippen LogP contribution in [0.2, 0.25) is 0 Å². The largest absolute Gasteiger partial charge is 0.398 e. The van der Waals surface area contributed by atoms with Gasteiger partial charge >= 0.3 is 0 Å². The minimum Gasteiger partial charge on any atom is -0.398 e. The Morgan fingerprint density at radius 1 is 0.455 bits per heavy atom. The third-order valence-corrected chi connectivity index (χ3v) is 5.20. The van der Waals surface area contributed by atoms with Gasteiger partial charge in [-0.05, 0) is 44.5 Å². The maximum Gasteiger partial charge on any atom is 0.0401 e. The Hall–Kier alpha value is -3.00. The van der Waals surface area contributed by atoms with Crippen LogP contribution in [-0.4, -0.2) is 0 Å². The maximum atomic E-state index is 6.32. The molecular formula is C20H12N2. The summed E-state index contributed by atoms with van der Waals surface area (Å²) in [5.41, 5.74) is 14.3. The highest BCUT2D eigenvalue weighted by molar-refractivity contribution is 6.46. The third-order valence-electron chi connectivity index (χ3n) is 5.20. The standard InChI is InChI=1S/C20H12N2/c21-14-7-11-4-3-9-1-2-10-5-6-12-15(22)8-13(14)20-18(11)16(9)17(10)19(12)20/h1-8H,21-22H2. The van der Waals surface area contributed by atoms with E-state index >= 15 is 0 Å². The van der Waals surface area contributed by atoms with Gasteiger partial charge in [0.15, 0.2) is 0 Å². The first kappa shape index (κ1) is 10.7. The molecule has 0 aliphatic rings. The fourth-order valence-electron chi connectivity index (χ4n) is 4.31. The van der Waals surface area contributed by atoms with E-state index in [0.29, 0.717) is 0 Å². The molecule has 0 aromatic heterocycles. The molecule has 0 saturated carbocycles. The van der Waals surface area contributed by atoms with E-state index in [2.05, 4.69) is 42.5 Å². The average Bonchev–Trinajstić information content (AvgIpc) is 2.89. The SMILES string of the molecule is Nc1cc2c(N)cc3ccc4ccc5ccc1c1c5c4c3c21. The first-order chi connectivity index (χ1) is 10.7. The highest BCUT2D eigenvalue weighted by Gasteiger charge is 2.21. The summed E-state index contributed by atoms with van der Waals surface area (Å²) in [5.74, 6) is 0. The molecule has 0 aliphatic carbocycles. The molecule has 2 nitrogen and oxygen atoms in total. The second-order valence-electron chi connectivity index (χ2n) is 6.27. The molecule has 6 aromatic rings.